The number of hydrogen-bond donors (Lipinski definition) is 1. The first kappa shape index (κ1) is 31.2. The zero-order valence-corrected chi connectivity index (χ0v) is 27.4. The van der Waals surface area contributed by atoms with Crippen molar-refractivity contribution >= 4 is 20.6 Å². The Morgan fingerprint density at radius 3 is 2.21 bits per heavy atom. The molecule has 0 amide bonds. The van der Waals surface area contributed by atoms with E-state index < -0.39 is 14.6 Å². The molecule has 1 N–H and O–H groups in total. The highest BCUT2D eigenvalue weighted by Gasteiger charge is 2.58. The van der Waals surface area contributed by atoms with E-state index in [1.54, 1.807) is 0 Å². The first-order valence-corrected chi connectivity index (χ1v) is 17.9. The molecular formula is C34H58O4Si. The van der Waals surface area contributed by atoms with Crippen LogP contribution in [0.25, 0.3) is 0 Å². The number of hydrogen-bond acceptors (Lipinski definition) is 4. The highest BCUT2D eigenvalue weighted by Crippen LogP contribution is 2.62. The molecule has 4 aliphatic rings. The van der Waals surface area contributed by atoms with Crippen LogP contribution in [0.4, 0.5) is 0 Å². The third-order valence-corrected chi connectivity index (χ3v) is 14.6. The van der Waals surface area contributed by atoms with Gasteiger partial charge in [-0.3, -0.25) is 9.59 Å². The molecule has 0 aromatic carbocycles. The third-order valence-electron chi connectivity index (χ3n) is 10.9. The van der Waals surface area contributed by atoms with Crippen molar-refractivity contribution in [2.24, 2.45) is 23.2 Å². The van der Waals surface area contributed by atoms with Gasteiger partial charge in [0.1, 0.15) is 11.6 Å². The predicted molar refractivity (Wildman–Crippen MR) is 162 cm³/mol. The number of unbranched alkanes of at least 4 members (excludes halogenated alkanes) is 5. The number of ketones is 2. The van der Waals surface area contributed by atoms with Gasteiger partial charge in [0.05, 0.1) is 5.60 Å². The smallest absolute Gasteiger partial charge is 0.187 e. The van der Waals surface area contributed by atoms with Crippen molar-refractivity contribution in [2.75, 3.05) is 6.61 Å². The Balaban J connectivity index is 1.29. The standard InChI is InChI=1S/C34H58O4Si/c1-31(2,3)39(32(4,5)6)38-21-13-11-9-8-10-12-14-24-22-33(7)27(17-18-29(33)36)26-19-20-34(37)23-25(35)15-16-28(34)30(24)26/h24,26-27,37,39H,8-23H2,1-7H3/t24-,26-,27-,33-,34+/m0/s1. The Morgan fingerprint density at radius 2 is 1.54 bits per heavy atom. The molecule has 5 atom stereocenters. The van der Waals surface area contributed by atoms with Crippen LogP contribution in [0.1, 0.15) is 145 Å². The molecule has 0 spiro atoms. The number of fused-ring (bicyclic) bond motifs is 4. The molecule has 0 heterocycles. The van der Waals surface area contributed by atoms with E-state index in [1.807, 2.05) is 0 Å². The molecule has 5 heteroatoms. The molecule has 4 nitrogen and oxygen atoms in total. The van der Waals surface area contributed by atoms with E-state index in [2.05, 4.69) is 48.5 Å². The summed E-state index contributed by atoms with van der Waals surface area (Å²) in [5, 5.41) is 12.1. The van der Waals surface area contributed by atoms with Crippen LogP contribution in [0.15, 0.2) is 11.1 Å². The van der Waals surface area contributed by atoms with Crippen molar-refractivity contribution in [1.29, 1.82) is 0 Å². The highest BCUT2D eigenvalue weighted by molar-refractivity contribution is 6.58. The van der Waals surface area contributed by atoms with Crippen molar-refractivity contribution in [3.8, 4) is 0 Å². The molecule has 0 radical (unpaired) electrons. The molecule has 0 saturated heterocycles. The lowest BCUT2D eigenvalue weighted by atomic mass is 9.52. The third kappa shape index (κ3) is 6.67. The number of rotatable bonds is 10. The lowest BCUT2D eigenvalue weighted by Gasteiger charge is -2.53. The second-order valence-corrected chi connectivity index (χ2v) is 20.7. The van der Waals surface area contributed by atoms with Crippen molar-refractivity contribution in [3.63, 3.8) is 0 Å². The van der Waals surface area contributed by atoms with Gasteiger partial charge in [0.15, 0.2) is 9.04 Å². The zero-order valence-electron chi connectivity index (χ0n) is 26.3. The van der Waals surface area contributed by atoms with Gasteiger partial charge in [0, 0.05) is 31.3 Å². The summed E-state index contributed by atoms with van der Waals surface area (Å²) in [6.45, 7) is 17.2. The van der Waals surface area contributed by atoms with E-state index in [9.17, 15) is 14.7 Å². The minimum absolute atomic E-state index is 0.180. The van der Waals surface area contributed by atoms with E-state index in [4.69, 9.17) is 4.43 Å². The van der Waals surface area contributed by atoms with Gasteiger partial charge in [-0.1, -0.05) is 86.1 Å². The van der Waals surface area contributed by atoms with Crippen LogP contribution in [0.2, 0.25) is 10.1 Å². The maximum Gasteiger partial charge on any atom is 0.187 e. The highest BCUT2D eigenvalue weighted by atomic mass is 28.3. The SMILES string of the molecule is CC(C)(C)[SiH](OCCCCCCCC[C@H]1C[C@]2(C)C(=O)CC[C@H]2[C@@H]2CC[C@@]3(O)CC(=O)CCC3=C12)C(C)(C)C. The van der Waals surface area contributed by atoms with Gasteiger partial charge >= 0.3 is 0 Å². The zero-order chi connectivity index (χ0) is 28.6. The molecule has 4 aliphatic carbocycles. The molecule has 0 unspecified atom stereocenters. The Hall–Kier alpha value is -0.783. The van der Waals surface area contributed by atoms with Gasteiger partial charge in [-0.25, -0.2) is 0 Å². The lowest BCUT2D eigenvalue weighted by Crippen LogP contribution is -2.50. The first-order chi connectivity index (χ1) is 18.2. The maximum atomic E-state index is 13.1. The van der Waals surface area contributed by atoms with E-state index in [0.29, 0.717) is 42.8 Å². The van der Waals surface area contributed by atoms with Crippen molar-refractivity contribution in [2.45, 2.75) is 160 Å². The fourth-order valence-corrected chi connectivity index (χ4v) is 13.5. The van der Waals surface area contributed by atoms with Crippen LogP contribution < -0.4 is 0 Å². The largest absolute Gasteiger partial charge is 0.419 e. The molecule has 0 aromatic heterocycles. The summed E-state index contributed by atoms with van der Waals surface area (Å²) in [5.74, 6) is 1.98. The van der Waals surface area contributed by atoms with Crippen molar-refractivity contribution in [3.05, 3.63) is 11.1 Å². The maximum absolute atomic E-state index is 13.1. The van der Waals surface area contributed by atoms with Gasteiger partial charge in [-0.2, -0.15) is 0 Å². The molecule has 0 bridgehead atoms. The molecule has 3 fully saturated rings. The molecular weight excluding hydrogens is 500 g/mol. The fraction of sp³-hybridized carbons (Fsp3) is 0.882. The summed E-state index contributed by atoms with van der Waals surface area (Å²) in [4.78, 5) is 25.3. The van der Waals surface area contributed by atoms with Gasteiger partial charge in [-0.15, -0.1) is 0 Å². The predicted octanol–water partition coefficient (Wildman–Crippen LogP) is 8.25. The molecule has 0 aliphatic heterocycles. The van der Waals surface area contributed by atoms with Gasteiger partial charge in [0.2, 0.25) is 0 Å². The number of Topliss-reactive ketones (excluding diaryl/α,β-unsaturated/α-hetero) is 2. The Morgan fingerprint density at radius 1 is 0.897 bits per heavy atom. The number of carbonyl (C=O) groups is 2. The second-order valence-electron chi connectivity index (χ2n) is 16.1. The minimum Gasteiger partial charge on any atom is -0.419 e. The van der Waals surface area contributed by atoms with Gasteiger partial charge in [0.25, 0.3) is 0 Å². The Labute approximate surface area is 240 Å². The average Bonchev–Trinajstić information content (AvgIpc) is 3.11. The van der Waals surface area contributed by atoms with Crippen molar-refractivity contribution < 1.29 is 19.1 Å². The summed E-state index contributed by atoms with van der Waals surface area (Å²) >= 11 is 0. The molecule has 3 saturated carbocycles. The van der Waals surface area contributed by atoms with Crippen LogP contribution in [0.3, 0.4) is 0 Å². The molecule has 0 aromatic rings. The minimum atomic E-state index is -1.31. The van der Waals surface area contributed by atoms with Crippen LogP contribution in [0.5, 0.6) is 0 Å². The van der Waals surface area contributed by atoms with Gasteiger partial charge in [-0.05, 0) is 78.3 Å². The summed E-state index contributed by atoms with van der Waals surface area (Å²) < 4.78 is 6.50. The number of allylic oxidation sites excluding steroid dienone is 1. The lowest BCUT2D eigenvalue weighted by molar-refractivity contribution is -0.129. The van der Waals surface area contributed by atoms with E-state index in [0.717, 1.165) is 51.6 Å². The van der Waals surface area contributed by atoms with E-state index in [-0.39, 0.29) is 21.3 Å². The number of aliphatic hydroxyl groups is 1. The van der Waals surface area contributed by atoms with Crippen LogP contribution in [-0.4, -0.2) is 37.9 Å². The first-order valence-electron chi connectivity index (χ1n) is 16.3. The topological polar surface area (TPSA) is 63.6 Å². The molecule has 4 rings (SSSR count). The monoisotopic (exact) mass is 558 g/mol. The summed E-state index contributed by atoms with van der Waals surface area (Å²) in [7, 11) is -1.31. The summed E-state index contributed by atoms with van der Waals surface area (Å²) in [6.07, 6.45) is 14.5. The van der Waals surface area contributed by atoms with Crippen LogP contribution >= 0.6 is 0 Å². The van der Waals surface area contributed by atoms with Crippen LogP contribution in [0, 0.1) is 23.2 Å². The van der Waals surface area contributed by atoms with E-state index in [1.165, 1.54) is 43.3 Å². The van der Waals surface area contributed by atoms with E-state index >= 15 is 0 Å². The normalized spacial score (nSPS) is 33.4. The Kier molecular flexibility index (Phi) is 9.46. The molecule has 39 heavy (non-hydrogen) atoms. The number of carbonyl (C=O) groups excluding carboxylic acids is 2. The van der Waals surface area contributed by atoms with Crippen LogP contribution in [-0.2, 0) is 14.0 Å². The Bertz CT molecular complexity index is 926. The fourth-order valence-electron chi connectivity index (χ4n) is 9.50. The quantitative estimate of drug-likeness (QED) is 0.167. The summed E-state index contributed by atoms with van der Waals surface area (Å²) in [5.41, 5.74) is 1.64. The second kappa shape index (κ2) is 11.8. The van der Waals surface area contributed by atoms with Crippen molar-refractivity contribution in [1.82, 2.24) is 0 Å². The average molecular weight is 559 g/mol. The molecule has 222 valence electrons. The summed E-state index contributed by atoms with van der Waals surface area (Å²) in [6, 6.07) is 0. The van der Waals surface area contributed by atoms with Gasteiger partial charge < -0.3 is 9.53 Å².